The summed E-state index contributed by atoms with van der Waals surface area (Å²) < 4.78 is 37.1. The van der Waals surface area contributed by atoms with E-state index in [-0.39, 0.29) is 6.42 Å². The van der Waals surface area contributed by atoms with Gasteiger partial charge in [-0.2, -0.15) is 13.2 Å². The molecule has 0 saturated heterocycles. The van der Waals surface area contributed by atoms with Crippen molar-refractivity contribution >= 4 is 0 Å². The SMILES string of the molecule is FC(F)(F)[C@@H]1Cc2ccccc2CN1. The Bertz CT molecular complexity index is 332. The van der Waals surface area contributed by atoms with E-state index in [0.29, 0.717) is 6.54 Å². The van der Waals surface area contributed by atoms with Gasteiger partial charge in [0.15, 0.2) is 0 Å². The molecule has 0 radical (unpaired) electrons. The third-order valence-corrected chi connectivity index (χ3v) is 2.48. The smallest absolute Gasteiger partial charge is 0.302 e. The molecule has 0 fully saturated rings. The molecule has 0 saturated carbocycles. The summed E-state index contributed by atoms with van der Waals surface area (Å²) in [5.74, 6) is 0. The molecule has 0 unspecified atom stereocenters. The van der Waals surface area contributed by atoms with Crippen LogP contribution in [-0.4, -0.2) is 12.2 Å². The van der Waals surface area contributed by atoms with Crippen molar-refractivity contribution < 1.29 is 13.2 Å². The predicted molar refractivity (Wildman–Crippen MR) is 46.8 cm³/mol. The van der Waals surface area contributed by atoms with Gasteiger partial charge < -0.3 is 5.32 Å². The highest BCUT2D eigenvalue weighted by Gasteiger charge is 2.40. The Morgan fingerprint density at radius 3 is 2.43 bits per heavy atom. The molecule has 1 aliphatic heterocycles. The van der Waals surface area contributed by atoms with Crippen LogP contribution in [0.15, 0.2) is 24.3 Å². The van der Waals surface area contributed by atoms with E-state index >= 15 is 0 Å². The standard InChI is InChI=1S/C10H10F3N/c11-10(12,13)9-5-7-3-1-2-4-8(7)6-14-9/h1-4,9,14H,5-6H2/t9-/m0/s1. The second-order valence-electron chi connectivity index (χ2n) is 3.45. The molecule has 0 aromatic heterocycles. The lowest BCUT2D eigenvalue weighted by atomic mass is 9.96. The van der Waals surface area contributed by atoms with Crippen LogP contribution >= 0.6 is 0 Å². The van der Waals surface area contributed by atoms with Crippen molar-refractivity contribution in [2.45, 2.75) is 25.2 Å². The topological polar surface area (TPSA) is 12.0 Å². The van der Waals surface area contributed by atoms with E-state index in [0.717, 1.165) is 11.1 Å². The van der Waals surface area contributed by atoms with E-state index in [9.17, 15) is 13.2 Å². The van der Waals surface area contributed by atoms with Crippen LogP contribution in [0.1, 0.15) is 11.1 Å². The quantitative estimate of drug-likeness (QED) is 0.679. The Morgan fingerprint density at radius 1 is 1.14 bits per heavy atom. The van der Waals surface area contributed by atoms with Crippen LogP contribution in [0.4, 0.5) is 13.2 Å². The van der Waals surface area contributed by atoms with Gasteiger partial charge in [0, 0.05) is 6.54 Å². The van der Waals surface area contributed by atoms with Crippen molar-refractivity contribution in [2.75, 3.05) is 0 Å². The van der Waals surface area contributed by atoms with Gasteiger partial charge in [-0.15, -0.1) is 0 Å². The van der Waals surface area contributed by atoms with Crippen LogP contribution in [0.5, 0.6) is 0 Å². The fraction of sp³-hybridized carbons (Fsp3) is 0.400. The molecule has 1 aliphatic rings. The molecule has 1 N–H and O–H groups in total. The van der Waals surface area contributed by atoms with E-state index in [1.165, 1.54) is 0 Å². The number of rotatable bonds is 0. The molecular weight excluding hydrogens is 191 g/mol. The van der Waals surface area contributed by atoms with Crippen molar-refractivity contribution in [1.29, 1.82) is 0 Å². The third-order valence-electron chi connectivity index (χ3n) is 2.48. The minimum Gasteiger partial charge on any atom is -0.302 e. The maximum absolute atomic E-state index is 12.4. The maximum atomic E-state index is 12.4. The Morgan fingerprint density at radius 2 is 1.79 bits per heavy atom. The fourth-order valence-corrected chi connectivity index (χ4v) is 1.69. The summed E-state index contributed by atoms with van der Waals surface area (Å²) in [5, 5.41) is 2.49. The zero-order valence-electron chi connectivity index (χ0n) is 7.43. The largest absolute Gasteiger partial charge is 0.404 e. The first-order valence-electron chi connectivity index (χ1n) is 4.44. The van der Waals surface area contributed by atoms with Crippen LogP contribution in [0, 0.1) is 0 Å². The molecule has 0 aliphatic carbocycles. The van der Waals surface area contributed by atoms with E-state index in [2.05, 4.69) is 5.32 Å². The molecule has 0 spiro atoms. The highest BCUT2D eigenvalue weighted by molar-refractivity contribution is 5.30. The van der Waals surface area contributed by atoms with Crippen molar-refractivity contribution in [2.24, 2.45) is 0 Å². The number of halogens is 3. The van der Waals surface area contributed by atoms with Crippen LogP contribution in [-0.2, 0) is 13.0 Å². The lowest BCUT2D eigenvalue weighted by molar-refractivity contribution is -0.157. The molecule has 0 bridgehead atoms. The lowest BCUT2D eigenvalue weighted by Crippen LogP contribution is -2.46. The Kier molecular flexibility index (Phi) is 2.23. The van der Waals surface area contributed by atoms with Crippen LogP contribution < -0.4 is 5.32 Å². The summed E-state index contributed by atoms with van der Waals surface area (Å²) in [6.07, 6.45) is -4.10. The second-order valence-corrected chi connectivity index (χ2v) is 3.45. The van der Waals surface area contributed by atoms with Crippen molar-refractivity contribution in [3.05, 3.63) is 35.4 Å². The number of hydrogen-bond donors (Lipinski definition) is 1. The number of hydrogen-bond acceptors (Lipinski definition) is 1. The van der Waals surface area contributed by atoms with Gasteiger partial charge in [0.05, 0.1) is 0 Å². The maximum Gasteiger partial charge on any atom is 0.404 e. The number of benzene rings is 1. The molecule has 1 atom stereocenters. The van der Waals surface area contributed by atoms with Crippen molar-refractivity contribution in [1.82, 2.24) is 5.32 Å². The molecular formula is C10H10F3N. The first-order chi connectivity index (χ1) is 6.57. The summed E-state index contributed by atoms with van der Waals surface area (Å²) in [6.45, 7) is 0.306. The van der Waals surface area contributed by atoms with E-state index in [1.54, 1.807) is 12.1 Å². The molecule has 0 amide bonds. The first kappa shape index (κ1) is 9.52. The molecule has 2 rings (SSSR count). The van der Waals surface area contributed by atoms with Crippen molar-refractivity contribution in [3.8, 4) is 0 Å². The number of nitrogens with one attached hydrogen (secondary N) is 1. The summed E-state index contributed by atoms with van der Waals surface area (Å²) in [5.41, 5.74) is 1.77. The average Bonchev–Trinajstić information content (AvgIpc) is 2.16. The zero-order valence-corrected chi connectivity index (χ0v) is 7.43. The minimum atomic E-state index is -4.15. The first-order valence-corrected chi connectivity index (χ1v) is 4.44. The fourth-order valence-electron chi connectivity index (χ4n) is 1.69. The Labute approximate surface area is 79.9 Å². The van der Waals surface area contributed by atoms with Gasteiger partial charge in [0.2, 0.25) is 0 Å². The average molecular weight is 201 g/mol. The summed E-state index contributed by atoms with van der Waals surface area (Å²) in [6, 6.07) is 5.84. The molecule has 4 heteroatoms. The van der Waals surface area contributed by atoms with Gasteiger partial charge in [0.25, 0.3) is 0 Å². The van der Waals surface area contributed by atoms with Gasteiger partial charge in [-0.05, 0) is 17.5 Å². The highest BCUT2D eigenvalue weighted by Crippen LogP contribution is 2.27. The summed E-state index contributed by atoms with van der Waals surface area (Å²) in [4.78, 5) is 0. The third kappa shape index (κ3) is 1.75. The van der Waals surface area contributed by atoms with E-state index in [1.807, 2.05) is 12.1 Å². The molecule has 1 aromatic carbocycles. The van der Waals surface area contributed by atoms with Crippen molar-refractivity contribution in [3.63, 3.8) is 0 Å². The minimum absolute atomic E-state index is 0.0413. The monoisotopic (exact) mass is 201 g/mol. The molecule has 1 aromatic rings. The summed E-state index contributed by atoms with van der Waals surface area (Å²) in [7, 11) is 0. The van der Waals surface area contributed by atoms with Gasteiger partial charge in [-0.1, -0.05) is 24.3 Å². The summed E-state index contributed by atoms with van der Waals surface area (Å²) >= 11 is 0. The molecule has 76 valence electrons. The van der Waals surface area contributed by atoms with Gasteiger partial charge >= 0.3 is 6.18 Å². The predicted octanol–water partition coefficient (Wildman–Crippen LogP) is 2.26. The van der Waals surface area contributed by atoms with Crippen LogP contribution in [0.2, 0.25) is 0 Å². The lowest BCUT2D eigenvalue weighted by Gasteiger charge is -2.27. The molecule has 1 heterocycles. The van der Waals surface area contributed by atoms with Gasteiger partial charge in [0.1, 0.15) is 6.04 Å². The number of fused-ring (bicyclic) bond motifs is 1. The van der Waals surface area contributed by atoms with Gasteiger partial charge in [-0.25, -0.2) is 0 Å². The van der Waals surface area contributed by atoms with Crippen LogP contribution in [0.25, 0.3) is 0 Å². The zero-order chi connectivity index (χ0) is 10.2. The molecule has 14 heavy (non-hydrogen) atoms. The Hall–Kier alpha value is -1.03. The second kappa shape index (κ2) is 3.28. The van der Waals surface area contributed by atoms with E-state index < -0.39 is 12.2 Å². The normalized spacial score (nSPS) is 21.8. The molecule has 1 nitrogen and oxygen atoms in total. The van der Waals surface area contributed by atoms with Crippen LogP contribution in [0.3, 0.4) is 0 Å². The van der Waals surface area contributed by atoms with E-state index in [4.69, 9.17) is 0 Å². The van der Waals surface area contributed by atoms with Gasteiger partial charge in [-0.3, -0.25) is 0 Å². The number of alkyl halides is 3. The highest BCUT2D eigenvalue weighted by atomic mass is 19.4. The Balaban J connectivity index is 2.22.